The van der Waals surface area contributed by atoms with E-state index < -0.39 is 0 Å². The van der Waals surface area contributed by atoms with Crippen molar-refractivity contribution in [2.24, 2.45) is 0 Å². The van der Waals surface area contributed by atoms with Gasteiger partial charge in [-0.1, -0.05) is 0 Å². The highest BCUT2D eigenvalue weighted by Gasteiger charge is 2.05. The SMILES string of the molecule is O=CCCNC(=O)c1ccco1. The van der Waals surface area contributed by atoms with E-state index >= 15 is 0 Å². The van der Waals surface area contributed by atoms with Crippen LogP contribution in [0.15, 0.2) is 22.8 Å². The molecule has 0 aliphatic carbocycles. The van der Waals surface area contributed by atoms with Crippen LogP contribution in [0.25, 0.3) is 0 Å². The number of nitrogens with one attached hydrogen (secondary N) is 1. The maximum atomic E-state index is 11.1. The second kappa shape index (κ2) is 4.33. The first kappa shape index (κ1) is 8.52. The molecule has 0 spiro atoms. The Balaban J connectivity index is 2.34. The summed E-state index contributed by atoms with van der Waals surface area (Å²) in [4.78, 5) is 21.0. The molecule has 1 heterocycles. The fourth-order valence-corrected chi connectivity index (χ4v) is 0.739. The fraction of sp³-hybridized carbons (Fsp3) is 0.250. The minimum Gasteiger partial charge on any atom is -0.459 e. The lowest BCUT2D eigenvalue weighted by molar-refractivity contribution is -0.107. The number of hydrogen-bond donors (Lipinski definition) is 1. The summed E-state index contributed by atoms with van der Waals surface area (Å²) in [5.74, 6) is -0.0252. The van der Waals surface area contributed by atoms with Crippen LogP contribution >= 0.6 is 0 Å². The van der Waals surface area contributed by atoms with Crippen LogP contribution in [0.3, 0.4) is 0 Å². The second-order valence-corrected chi connectivity index (χ2v) is 2.19. The van der Waals surface area contributed by atoms with Crippen molar-refractivity contribution >= 4 is 12.2 Å². The van der Waals surface area contributed by atoms with E-state index in [0.29, 0.717) is 13.0 Å². The summed E-state index contributed by atoms with van der Waals surface area (Å²) in [5.41, 5.74) is 0. The molecular weight excluding hydrogens is 158 g/mol. The first-order valence-corrected chi connectivity index (χ1v) is 3.60. The van der Waals surface area contributed by atoms with Crippen LogP contribution in [-0.4, -0.2) is 18.7 Å². The van der Waals surface area contributed by atoms with Gasteiger partial charge in [0.15, 0.2) is 5.76 Å². The van der Waals surface area contributed by atoms with E-state index in [1.165, 1.54) is 6.26 Å². The van der Waals surface area contributed by atoms with Crippen molar-refractivity contribution in [2.45, 2.75) is 6.42 Å². The Hall–Kier alpha value is -1.58. The molecule has 4 nitrogen and oxygen atoms in total. The summed E-state index contributed by atoms with van der Waals surface area (Å²) in [6, 6.07) is 3.20. The van der Waals surface area contributed by atoms with Gasteiger partial charge in [0.2, 0.25) is 0 Å². The Labute approximate surface area is 69.6 Å². The van der Waals surface area contributed by atoms with Gasteiger partial charge in [-0.15, -0.1) is 0 Å². The largest absolute Gasteiger partial charge is 0.459 e. The normalized spacial score (nSPS) is 9.33. The minimum atomic E-state index is -0.290. The molecule has 0 unspecified atom stereocenters. The van der Waals surface area contributed by atoms with E-state index in [4.69, 9.17) is 4.42 Å². The lowest BCUT2D eigenvalue weighted by atomic mass is 10.4. The van der Waals surface area contributed by atoms with E-state index in [-0.39, 0.29) is 11.7 Å². The van der Waals surface area contributed by atoms with Crippen molar-refractivity contribution in [3.8, 4) is 0 Å². The standard InChI is InChI=1S/C8H9NO3/c10-5-2-4-9-8(11)7-3-1-6-12-7/h1,3,5-6H,2,4H2,(H,9,11). The molecule has 12 heavy (non-hydrogen) atoms. The Bertz CT molecular complexity index is 253. The lowest BCUT2D eigenvalue weighted by Gasteiger charge is -1.97. The summed E-state index contributed by atoms with van der Waals surface area (Å²) in [6.07, 6.45) is 2.50. The molecule has 0 saturated heterocycles. The smallest absolute Gasteiger partial charge is 0.286 e. The molecule has 0 bridgehead atoms. The van der Waals surface area contributed by atoms with Crippen LogP contribution in [0.2, 0.25) is 0 Å². The van der Waals surface area contributed by atoms with Gasteiger partial charge in [-0.2, -0.15) is 0 Å². The number of carbonyl (C=O) groups excluding carboxylic acids is 2. The molecule has 64 valence electrons. The first-order chi connectivity index (χ1) is 5.84. The number of aldehydes is 1. The van der Waals surface area contributed by atoms with Crippen LogP contribution in [0.1, 0.15) is 17.0 Å². The quantitative estimate of drug-likeness (QED) is 0.527. The molecule has 0 aliphatic rings. The number of rotatable bonds is 4. The molecule has 1 amide bonds. The zero-order chi connectivity index (χ0) is 8.81. The second-order valence-electron chi connectivity index (χ2n) is 2.19. The average molecular weight is 167 g/mol. The lowest BCUT2D eigenvalue weighted by Crippen LogP contribution is -2.24. The topological polar surface area (TPSA) is 59.3 Å². The fourth-order valence-electron chi connectivity index (χ4n) is 0.739. The van der Waals surface area contributed by atoms with E-state index in [0.717, 1.165) is 6.29 Å². The molecule has 4 heteroatoms. The van der Waals surface area contributed by atoms with E-state index in [2.05, 4.69) is 5.32 Å². The summed E-state index contributed by atoms with van der Waals surface area (Å²) in [6.45, 7) is 0.350. The third-order valence-electron chi connectivity index (χ3n) is 1.29. The van der Waals surface area contributed by atoms with Gasteiger partial charge < -0.3 is 14.5 Å². The van der Waals surface area contributed by atoms with Crippen LogP contribution in [0, 0.1) is 0 Å². The highest BCUT2D eigenvalue weighted by atomic mass is 16.3. The van der Waals surface area contributed by atoms with Gasteiger partial charge in [0.1, 0.15) is 6.29 Å². The van der Waals surface area contributed by atoms with Gasteiger partial charge in [-0.3, -0.25) is 4.79 Å². The van der Waals surface area contributed by atoms with Gasteiger partial charge in [-0.25, -0.2) is 0 Å². The Morgan fingerprint density at radius 3 is 3.08 bits per heavy atom. The van der Waals surface area contributed by atoms with E-state index in [1.54, 1.807) is 12.1 Å². The predicted octanol–water partition coefficient (Wildman–Crippen LogP) is 0.598. The molecule has 1 N–H and O–H groups in total. The molecule has 0 aliphatic heterocycles. The number of amides is 1. The molecule has 0 atom stereocenters. The Kier molecular flexibility index (Phi) is 3.07. The van der Waals surface area contributed by atoms with Crippen LogP contribution in [0.4, 0.5) is 0 Å². The highest BCUT2D eigenvalue weighted by Crippen LogP contribution is 1.98. The van der Waals surface area contributed by atoms with E-state index in [1.807, 2.05) is 0 Å². The highest BCUT2D eigenvalue weighted by molar-refractivity contribution is 5.91. The van der Waals surface area contributed by atoms with E-state index in [9.17, 15) is 9.59 Å². The van der Waals surface area contributed by atoms with Crippen LogP contribution in [0.5, 0.6) is 0 Å². The van der Waals surface area contributed by atoms with Gasteiger partial charge >= 0.3 is 0 Å². The van der Waals surface area contributed by atoms with Crippen LogP contribution < -0.4 is 5.32 Å². The maximum absolute atomic E-state index is 11.1. The van der Waals surface area contributed by atoms with Gasteiger partial charge in [0.25, 0.3) is 5.91 Å². The Morgan fingerprint density at radius 2 is 2.50 bits per heavy atom. The molecule has 1 aromatic heterocycles. The van der Waals surface area contributed by atoms with Crippen molar-refractivity contribution in [1.29, 1.82) is 0 Å². The molecular formula is C8H9NO3. The molecule has 0 radical (unpaired) electrons. The Morgan fingerprint density at radius 1 is 1.67 bits per heavy atom. The van der Waals surface area contributed by atoms with Gasteiger partial charge in [0.05, 0.1) is 6.26 Å². The van der Waals surface area contributed by atoms with Crippen molar-refractivity contribution in [1.82, 2.24) is 5.32 Å². The summed E-state index contributed by atoms with van der Waals surface area (Å²) in [5, 5.41) is 2.52. The van der Waals surface area contributed by atoms with Crippen molar-refractivity contribution in [3.05, 3.63) is 24.2 Å². The third kappa shape index (κ3) is 2.23. The zero-order valence-corrected chi connectivity index (χ0v) is 6.45. The predicted molar refractivity (Wildman–Crippen MR) is 41.7 cm³/mol. The number of furan rings is 1. The van der Waals surface area contributed by atoms with Gasteiger partial charge in [0, 0.05) is 13.0 Å². The molecule has 1 aromatic rings. The van der Waals surface area contributed by atoms with Crippen LogP contribution in [-0.2, 0) is 4.79 Å². The average Bonchev–Trinajstić information content (AvgIpc) is 2.56. The van der Waals surface area contributed by atoms with Crippen molar-refractivity contribution < 1.29 is 14.0 Å². The van der Waals surface area contributed by atoms with Gasteiger partial charge in [-0.05, 0) is 12.1 Å². The first-order valence-electron chi connectivity index (χ1n) is 3.60. The molecule has 0 saturated carbocycles. The maximum Gasteiger partial charge on any atom is 0.286 e. The summed E-state index contributed by atoms with van der Waals surface area (Å²) >= 11 is 0. The summed E-state index contributed by atoms with van der Waals surface area (Å²) < 4.78 is 4.83. The van der Waals surface area contributed by atoms with Crippen molar-refractivity contribution in [3.63, 3.8) is 0 Å². The summed E-state index contributed by atoms with van der Waals surface area (Å²) in [7, 11) is 0. The number of carbonyl (C=O) groups is 2. The molecule has 0 fully saturated rings. The monoisotopic (exact) mass is 167 g/mol. The number of hydrogen-bond acceptors (Lipinski definition) is 3. The van der Waals surface area contributed by atoms with Crippen molar-refractivity contribution in [2.75, 3.05) is 6.54 Å². The third-order valence-corrected chi connectivity index (χ3v) is 1.29. The molecule has 0 aromatic carbocycles. The zero-order valence-electron chi connectivity index (χ0n) is 6.45. The minimum absolute atomic E-state index is 0.265. The molecule has 1 rings (SSSR count).